The molecule has 10 heteroatoms. The topological polar surface area (TPSA) is 126 Å². The first-order valence-corrected chi connectivity index (χ1v) is 8.88. The molecule has 2 amide bonds. The predicted molar refractivity (Wildman–Crippen MR) is 96.8 cm³/mol. The molecule has 0 spiro atoms. The third-order valence-corrected chi connectivity index (χ3v) is 4.18. The van der Waals surface area contributed by atoms with E-state index >= 15 is 0 Å². The molecule has 1 fully saturated rings. The first-order chi connectivity index (χ1) is 13.3. The van der Waals surface area contributed by atoms with Gasteiger partial charge in [-0.25, -0.2) is 4.79 Å². The van der Waals surface area contributed by atoms with Crippen molar-refractivity contribution >= 4 is 29.6 Å². The lowest BCUT2D eigenvalue weighted by atomic mass is 9.88. The molecule has 28 heavy (non-hydrogen) atoms. The Hall–Kier alpha value is -2.94. The minimum atomic E-state index is -1.41. The number of hydrogen-bond acceptors (Lipinski definition) is 7. The Morgan fingerprint density at radius 3 is 2.50 bits per heavy atom. The number of halogens is 1. The molecule has 1 aliphatic heterocycles. The summed E-state index contributed by atoms with van der Waals surface area (Å²) in [4.78, 5) is 35.0. The fraction of sp³-hybridized carbons (Fsp3) is 0.389. The number of carbonyl (C=O) groups excluding carboxylic acids is 3. The van der Waals surface area contributed by atoms with Crippen LogP contribution in [0.4, 0.5) is 4.79 Å². The molecule has 2 rings (SSSR count). The average molecular weight is 412 g/mol. The highest BCUT2D eigenvalue weighted by atomic mass is 35.5. The molecule has 0 saturated carbocycles. The summed E-state index contributed by atoms with van der Waals surface area (Å²) in [6.45, 7) is 6.84. The van der Waals surface area contributed by atoms with E-state index in [1.54, 1.807) is 13.8 Å². The van der Waals surface area contributed by atoms with E-state index in [1.165, 1.54) is 12.1 Å². The number of carboxylic acid groups (broad SMARTS) is 1. The molecule has 1 aromatic rings. The van der Waals surface area contributed by atoms with Gasteiger partial charge >= 0.3 is 12.0 Å². The molecule has 2 N–H and O–H groups in total. The monoisotopic (exact) mass is 411 g/mol. The van der Waals surface area contributed by atoms with Gasteiger partial charge in [-0.15, -0.1) is 0 Å². The lowest BCUT2D eigenvalue weighted by Gasteiger charge is -2.33. The lowest BCUT2D eigenvalue weighted by Crippen LogP contribution is -2.51. The molecule has 0 aromatic heterocycles. The van der Waals surface area contributed by atoms with Crippen LogP contribution in [0.5, 0.6) is 11.5 Å². The van der Waals surface area contributed by atoms with Crippen LogP contribution in [0.15, 0.2) is 24.4 Å². The number of carbonyl (C=O) groups is 3. The van der Waals surface area contributed by atoms with Crippen LogP contribution in [-0.2, 0) is 14.3 Å². The Kier molecular flexibility index (Phi) is 7.11. The summed E-state index contributed by atoms with van der Waals surface area (Å²) in [6, 6.07) is 1.40. The van der Waals surface area contributed by atoms with Crippen molar-refractivity contribution in [2.24, 2.45) is 5.92 Å². The standard InChI is InChI=1S/C18H21ClN2O7/c1-4-26-12-6-10(11(19)7-13(12)28-8-14(22)23)16-15(17(24)27-5-2)9(3)20-18(25)21-16/h6-7,15-16H,3-5,8H2,1-2H3,(H,22,23)(H2,20,21,25)/p-1. The van der Waals surface area contributed by atoms with Crippen LogP contribution < -0.4 is 25.2 Å². The third kappa shape index (κ3) is 4.86. The van der Waals surface area contributed by atoms with Gasteiger partial charge in [0.1, 0.15) is 12.5 Å². The van der Waals surface area contributed by atoms with E-state index in [1.807, 2.05) is 0 Å². The number of amides is 2. The van der Waals surface area contributed by atoms with Gasteiger partial charge in [0.25, 0.3) is 0 Å². The third-order valence-electron chi connectivity index (χ3n) is 3.85. The maximum absolute atomic E-state index is 12.4. The summed E-state index contributed by atoms with van der Waals surface area (Å²) < 4.78 is 15.7. The Morgan fingerprint density at radius 2 is 1.89 bits per heavy atom. The number of nitrogens with one attached hydrogen (secondary N) is 2. The fourth-order valence-corrected chi connectivity index (χ4v) is 3.03. The number of ether oxygens (including phenoxy) is 3. The predicted octanol–water partition coefficient (Wildman–Crippen LogP) is 0.914. The molecular weight excluding hydrogens is 392 g/mol. The molecule has 152 valence electrons. The van der Waals surface area contributed by atoms with Gasteiger partial charge in [-0.2, -0.15) is 0 Å². The van der Waals surface area contributed by atoms with E-state index < -0.39 is 36.5 Å². The van der Waals surface area contributed by atoms with Gasteiger partial charge < -0.3 is 34.7 Å². The zero-order valence-electron chi connectivity index (χ0n) is 15.4. The minimum Gasteiger partial charge on any atom is -0.546 e. The maximum atomic E-state index is 12.4. The van der Waals surface area contributed by atoms with Crippen LogP contribution in [0.2, 0.25) is 5.02 Å². The van der Waals surface area contributed by atoms with Crippen molar-refractivity contribution < 1.29 is 33.7 Å². The first kappa shape index (κ1) is 21.4. The van der Waals surface area contributed by atoms with Gasteiger partial charge in [-0.05, 0) is 25.5 Å². The van der Waals surface area contributed by atoms with Gasteiger partial charge in [-0.1, -0.05) is 18.2 Å². The Labute approximate surface area is 166 Å². The number of aliphatic carboxylic acids is 1. The second-order valence-electron chi connectivity index (χ2n) is 5.75. The van der Waals surface area contributed by atoms with Crippen molar-refractivity contribution in [3.8, 4) is 11.5 Å². The summed E-state index contributed by atoms with van der Waals surface area (Å²) in [5, 5.41) is 15.9. The van der Waals surface area contributed by atoms with Crippen molar-refractivity contribution in [3.63, 3.8) is 0 Å². The highest BCUT2D eigenvalue weighted by Crippen LogP contribution is 2.40. The van der Waals surface area contributed by atoms with E-state index in [4.69, 9.17) is 25.8 Å². The maximum Gasteiger partial charge on any atom is 0.319 e. The summed E-state index contributed by atoms with van der Waals surface area (Å²) in [5.74, 6) is -2.64. The van der Waals surface area contributed by atoms with Crippen molar-refractivity contribution in [1.82, 2.24) is 10.6 Å². The van der Waals surface area contributed by atoms with Crippen LogP contribution in [0.3, 0.4) is 0 Å². The first-order valence-electron chi connectivity index (χ1n) is 8.50. The van der Waals surface area contributed by atoms with Gasteiger partial charge in [0.15, 0.2) is 11.5 Å². The van der Waals surface area contributed by atoms with E-state index in [-0.39, 0.29) is 35.4 Å². The van der Waals surface area contributed by atoms with Gasteiger partial charge in [0.05, 0.1) is 25.2 Å². The molecule has 1 saturated heterocycles. The second-order valence-corrected chi connectivity index (χ2v) is 6.15. The normalized spacial score (nSPS) is 18.7. The Balaban J connectivity index is 2.48. The molecule has 0 aliphatic carbocycles. The molecule has 0 radical (unpaired) electrons. The zero-order chi connectivity index (χ0) is 20.8. The summed E-state index contributed by atoms with van der Waals surface area (Å²) in [7, 11) is 0. The van der Waals surface area contributed by atoms with Crippen LogP contribution in [0.25, 0.3) is 0 Å². The molecule has 2 unspecified atom stereocenters. The molecule has 0 bridgehead atoms. The molecule has 1 aliphatic rings. The summed E-state index contributed by atoms with van der Waals surface area (Å²) >= 11 is 6.34. The number of urea groups is 1. The number of benzene rings is 1. The van der Waals surface area contributed by atoms with Crippen molar-refractivity contribution in [3.05, 3.63) is 35.0 Å². The SMILES string of the molecule is C=C1NC(=O)NC(c2cc(OCC)c(OCC(=O)[O-])cc2Cl)C1C(=O)OCC. The van der Waals surface area contributed by atoms with Crippen molar-refractivity contribution in [2.75, 3.05) is 19.8 Å². The van der Waals surface area contributed by atoms with E-state index in [9.17, 15) is 19.5 Å². The van der Waals surface area contributed by atoms with E-state index in [0.29, 0.717) is 5.56 Å². The van der Waals surface area contributed by atoms with Crippen LogP contribution in [0.1, 0.15) is 25.5 Å². The minimum absolute atomic E-state index is 0.0894. The highest BCUT2D eigenvalue weighted by Gasteiger charge is 2.40. The van der Waals surface area contributed by atoms with Crippen LogP contribution in [0, 0.1) is 5.92 Å². The Bertz CT molecular complexity index is 796. The highest BCUT2D eigenvalue weighted by molar-refractivity contribution is 6.31. The van der Waals surface area contributed by atoms with Gasteiger partial charge in [0.2, 0.25) is 0 Å². The molecule has 1 aromatic carbocycles. The van der Waals surface area contributed by atoms with Gasteiger partial charge in [0, 0.05) is 16.8 Å². The molecule has 9 nitrogen and oxygen atoms in total. The van der Waals surface area contributed by atoms with Crippen LogP contribution >= 0.6 is 11.6 Å². The van der Waals surface area contributed by atoms with Crippen molar-refractivity contribution in [1.29, 1.82) is 0 Å². The van der Waals surface area contributed by atoms with E-state index in [2.05, 4.69) is 17.2 Å². The second kappa shape index (κ2) is 9.32. The van der Waals surface area contributed by atoms with E-state index in [0.717, 1.165) is 0 Å². The zero-order valence-corrected chi connectivity index (χ0v) is 16.1. The quantitative estimate of drug-likeness (QED) is 0.609. The number of rotatable bonds is 8. The number of carboxylic acids is 1. The smallest absolute Gasteiger partial charge is 0.319 e. The molecule has 2 atom stereocenters. The van der Waals surface area contributed by atoms with Gasteiger partial charge in [-0.3, -0.25) is 4.79 Å². The number of hydrogen-bond donors (Lipinski definition) is 2. The Morgan fingerprint density at radius 1 is 1.21 bits per heavy atom. The fourth-order valence-electron chi connectivity index (χ4n) is 2.76. The largest absolute Gasteiger partial charge is 0.546 e. The van der Waals surface area contributed by atoms with Crippen molar-refractivity contribution in [2.45, 2.75) is 19.9 Å². The number of esters is 1. The lowest BCUT2D eigenvalue weighted by molar-refractivity contribution is -0.307. The molecule has 1 heterocycles. The van der Waals surface area contributed by atoms with Crippen LogP contribution in [-0.4, -0.2) is 37.8 Å². The molecular formula is C18H20ClN2O7-. The summed E-state index contributed by atoms with van der Waals surface area (Å²) in [6.07, 6.45) is 0. The summed E-state index contributed by atoms with van der Waals surface area (Å²) in [5.41, 5.74) is 0.526. The average Bonchev–Trinajstić information content (AvgIpc) is 2.61.